The van der Waals surface area contributed by atoms with E-state index < -0.39 is 5.41 Å². The monoisotopic (exact) mass is 815 g/mol. The summed E-state index contributed by atoms with van der Waals surface area (Å²) in [7, 11) is 0. The second-order valence-corrected chi connectivity index (χ2v) is 16.5. The number of nitrogens with zero attached hydrogens (tertiary/aromatic N) is 5. The van der Waals surface area contributed by atoms with Gasteiger partial charge in [-0.05, 0) is 122 Å². The molecular weight excluding hydrogens is 783 g/mol. The molecule has 8 aromatic carbocycles. The van der Waals surface area contributed by atoms with E-state index in [1.54, 1.807) is 6.20 Å². The zero-order chi connectivity index (χ0) is 42.4. The lowest BCUT2D eigenvalue weighted by molar-refractivity contribution is 0.669. The maximum absolute atomic E-state index is 10.2. The Morgan fingerprint density at radius 1 is 0.391 bits per heavy atom. The van der Waals surface area contributed by atoms with Crippen LogP contribution in [-0.2, 0) is 5.41 Å². The molecule has 2 aliphatic carbocycles. The molecule has 13 rings (SSSR count). The van der Waals surface area contributed by atoms with E-state index in [9.17, 15) is 5.26 Å². The van der Waals surface area contributed by atoms with E-state index in [4.69, 9.17) is 19.4 Å². The first kappa shape index (κ1) is 35.9. The van der Waals surface area contributed by atoms with E-state index in [0.717, 1.165) is 77.6 Å². The summed E-state index contributed by atoms with van der Waals surface area (Å²) in [4.78, 5) is 20.0. The van der Waals surface area contributed by atoms with E-state index in [2.05, 4.69) is 132 Å². The lowest BCUT2D eigenvalue weighted by atomic mass is 9.70. The fraction of sp³-hybridized carbons (Fsp3) is 0.0172. The molecule has 6 heteroatoms. The number of nitriles is 1. The second-order valence-electron chi connectivity index (χ2n) is 16.5. The molecule has 0 unspecified atom stereocenters. The largest absolute Gasteiger partial charge is 0.456 e. The molecule has 2 aliphatic rings. The third-order valence-electron chi connectivity index (χ3n) is 13.0. The molecule has 0 amide bonds. The number of furan rings is 1. The van der Waals surface area contributed by atoms with Gasteiger partial charge >= 0.3 is 0 Å². The molecule has 11 aromatic rings. The van der Waals surface area contributed by atoms with Crippen molar-refractivity contribution >= 4 is 21.9 Å². The van der Waals surface area contributed by atoms with Crippen molar-refractivity contribution in [3.05, 3.63) is 228 Å². The predicted octanol–water partition coefficient (Wildman–Crippen LogP) is 13.7. The Balaban J connectivity index is 1.03. The Hall–Kier alpha value is -8.79. The maximum Gasteiger partial charge on any atom is 0.164 e. The molecule has 3 aromatic heterocycles. The molecule has 0 saturated carbocycles. The van der Waals surface area contributed by atoms with Crippen LogP contribution >= 0.6 is 0 Å². The molecule has 0 radical (unpaired) electrons. The van der Waals surface area contributed by atoms with Crippen molar-refractivity contribution in [3.63, 3.8) is 0 Å². The molecule has 296 valence electrons. The summed E-state index contributed by atoms with van der Waals surface area (Å²) in [6.07, 6.45) is 3.69. The minimum atomic E-state index is -0.612. The third kappa shape index (κ3) is 5.31. The highest BCUT2D eigenvalue weighted by molar-refractivity contribution is 6.06. The summed E-state index contributed by atoms with van der Waals surface area (Å²) < 4.78 is 6.32. The SMILES string of the molecule is N#Cc1ccc2c(c1)C1(c3ccccc3-c3ccccc31)c1cc(-c3cc(-c4cccnc4)cc(-c4nc(-c5ccccc5)nc(-c5ccc6c(c5)oc5ccccc56)n4)c3)ccc1-2. The number of hydrogen-bond acceptors (Lipinski definition) is 6. The molecule has 0 atom stereocenters. The van der Waals surface area contributed by atoms with Gasteiger partial charge in [-0.3, -0.25) is 4.98 Å². The average molecular weight is 816 g/mol. The number of benzene rings is 8. The van der Waals surface area contributed by atoms with Gasteiger partial charge in [0.05, 0.1) is 17.0 Å². The zero-order valence-electron chi connectivity index (χ0n) is 34.2. The number of pyridine rings is 1. The Labute approximate surface area is 368 Å². The Bertz CT molecular complexity index is 3710. The maximum atomic E-state index is 10.2. The standard InChI is InChI=1S/C58H33N5O/c59-33-35-20-23-45-46-24-21-37(31-52(46)58(51(45)27-35)49-17-7-4-14-43(49)44-15-5-8-18-50(44)58)40-28-41(39-13-10-26-60-34-39)30-42(29-40)57-62-55(36-11-2-1-3-12-36)61-56(63-57)38-22-25-48-47-16-6-9-19-53(47)64-54(48)32-38/h1-32,34H. The van der Waals surface area contributed by atoms with Gasteiger partial charge in [0.1, 0.15) is 11.2 Å². The molecule has 0 fully saturated rings. The Morgan fingerprint density at radius 3 is 1.72 bits per heavy atom. The zero-order valence-corrected chi connectivity index (χ0v) is 34.2. The van der Waals surface area contributed by atoms with Gasteiger partial charge < -0.3 is 4.42 Å². The second kappa shape index (κ2) is 13.9. The van der Waals surface area contributed by atoms with Crippen LogP contribution in [0.25, 0.3) is 101 Å². The predicted molar refractivity (Wildman–Crippen MR) is 253 cm³/mol. The lowest BCUT2D eigenvalue weighted by Gasteiger charge is -2.30. The van der Waals surface area contributed by atoms with Crippen molar-refractivity contribution in [2.24, 2.45) is 0 Å². The summed E-state index contributed by atoms with van der Waals surface area (Å²) in [5.41, 5.74) is 17.7. The normalized spacial score (nSPS) is 12.8. The van der Waals surface area contributed by atoms with Gasteiger partial charge in [-0.25, -0.2) is 15.0 Å². The van der Waals surface area contributed by atoms with Crippen molar-refractivity contribution in [1.29, 1.82) is 5.26 Å². The fourth-order valence-corrected chi connectivity index (χ4v) is 10.2. The topological polar surface area (TPSA) is 88.5 Å². The first-order chi connectivity index (χ1) is 31.6. The number of rotatable bonds is 5. The van der Waals surface area contributed by atoms with Gasteiger partial charge in [0.2, 0.25) is 0 Å². The van der Waals surface area contributed by atoms with E-state index in [1.165, 1.54) is 27.8 Å². The van der Waals surface area contributed by atoms with Crippen LogP contribution in [0.1, 0.15) is 27.8 Å². The summed E-state index contributed by atoms with van der Waals surface area (Å²) in [5.74, 6) is 1.67. The van der Waals surface area contributed by atoms with Crippen molar-refractivity contribution < 1.29 is 4.42 Å². The molecule has 3 heterocycles. The van der Waals surface area contributed by atoms with Crippen LogP contribution < -0.4 is 0 Å². The van der Waals surface area contributed by atoms with Crippen molar-refractivity contribution in [2.75, 3.05) is 0 Å². The van der Waals surface area contributed by atoms with E-state index in [0.29, 0.717) is 23.0 Å². The van der Waals surface area contributed by atoms with E-state index >= 15 is 0 Å². The van der Waals surface area contributed by atoms with Gasteiger partial charge in [0.15, 0.2) is 17.5 Å². The Kier molecular flexibility index (Phi) is 7.78. The van der Waals surface area contributed by atoms with Crippen molar-refractivity contribution in [1.82, 2.24) is 19.9 Å². The van der Waals surface area contributed by atoms with Gasteiger partial charge in [-0.2, -0.15) is 5.26 Å². The van der Waals surface area contributed by atoms with Crippen molar-refractivity contribution in [3.8, 4) is 84.7 Å². The van der Waals surface area contributed by atoms with Crippen LogP contribution in [0.4, 0.5) is 0 Å². The lowest BCUT2D eigenvalue weighted by Crippen LogP contribution is -2.26. The van der Waals surface area contributed by atoms with Gasteiger partial charge in [0, 0.05) is 45.4 Å². The van der Waals surface area contributed by atoms with E-state index in [-0.39, 0.29) is 0 Å². The first-order valence-corrected chi connectivity index (χ1v) is 21.3. The number of aromatic nitrogens is 4. The number of fused-ring (bicyclic) bond motifs is 13. The van der Waals surface area contributed by atoms with E-state index in [1.807, 2.05) is 72.9 Å². The Morgan fingerprint density at radius 2 is 0.969 bits per heavy atom. The molecule has 0 bridgehead atoms. The van der Waals surface area contributed by atoms with Gasteiger partial charge in [-0.15, -0.1) is 0 Å². The highest BCUT2D eigenvalue weighted by Gasteiger charge is 2.51. The molecular formula is C58H33N5O. The van der Waals surface area contributed by atoms with Crippen LogP contribution in [0.5, 0.6) is 0 Å². The summed E-state index contributed by atoms with van der Waals surface area (Å²) in [6, 6.07) is 67.8. The third-order valence-corrected chi connectivity index (χ3v) is 13.0. The number of para-hydroxylation sites is 1. The molecule has 0 N–H and O–H groups in total. The fourth-order valence-electron chi connectivity index (χ4n) is 10.2. The summed E-state index contributed by atoms with van der Waals surface area (Å²) >= 11 is 0. The molecule has 64 heavy (non-hydrogen) atoms. The molecule has 6 nitrogen and oxygen atoms in total. The summed E-state index contributed by atoms with van der Waals surface area (Å²) in [5, 5.41) is 12.3. The van der Waals surface area contributed by atoms with Crippen LogP contribution in [0.15, 0.2) is 205 Å². The quantitative estimate of drug-likeness (QED) is 0.172. The van der Waals surface area contributed by atoms with Crippen LogP contribution in [0, 0.1) is 11.3 Å². The average Bonchev–Trinajstić information content (AvgIpc) is 4.00. The summed E-state index contributed by atoms with van der Waals surface area (Å²) in [6.45, 7) is 0. The molecule has 0 saturated heterocycles. The van der Waals surface area contributed by atoms with Crippen LogP contribution in [0.3, 0.4) is 0 Å². The number of hydrogen-bond donors (Lipinski definition) is 0. The minimum Gasteiger partial charge on any atom is -0.456 e. The first-order valence-electron chi connectivity index (χ1n) is 21.3. The molecule has 1 spiro atoms. The van der Waals surface area contributed by atoms with Gasteiger partial charge in [-0.1, -0.05) is 127 Å². The van der Waals surface area contributed by atoms with Crippen LogP contribution in [-0.4, -0.2) is 19.9 Å². The highest BCUT2D eigenvalue weighted by Crippen LogP contribution is 2.63. The minimum absolute atomic E-state index is 0.548. The van der Waals surface area contributed by atoms with Gasteiger partial charge in [0.25, 0.3) is 0 Å². The van der Waals surface area contributed by atoms with Crippen molar-refractivity contribution in [2.45, 2.75) is 5.41 Å². The van der Waals surface area contributed by atoms with Crippen LogP contribution in [0.2, 0.25) is 0 Å². The smallest absolute Gasteiger partial charge is 0.164 e. The molecule has 0 aliphatic heterocycles. The highest BCUT2D eigenvalue weighted by atomic mass is 16.3.